The highest BCUT2D eigenvalue weighted by atomic mass is 16.4. The first-order chi connectivity index (χ1) is 8.97. The van der Waals surface area contributed by atoms with Crippen LogP contribution in [0.3, 0.4) is 0 Å². The highest BCUT2D eigenvalue weighted by molar-refractivity contribution is 5.88. The third-order valence-electron chi connectivity index (χ3n) is 2.69. The van der Waals surface area contributed by atoms with Gasteiger partial charge >= 0.3 is 5.97 Å². The summed E-state index contributed by atoms with van der Waals surface area (Å²) in [5.74, 6) is 0.0557. The number of hydrogen-bond donors (Lipinski definition) is 2. The molecule has 1 aromatic heterocycles. The molecule has 6 heteroatoms. The Hall–Kier alpha value is -2.63. The van der Waals surface area contributed by atoms with Crippen LogP contribution >= 0.6 is 0 Å². The molecule has 2 rings (SSSR count). The van der Waals surface area contributed by atoms with Crippen molar-refractivity contribution in [3.63, 3.8) is 0 Å². The largest absolute Gasteiger partial charge is 0.478 e. The molecule has 0 amide bonds. The van der Waals surface area contributed by atoms with E-state index in [0.29, 0.717) is 11.6 Å². The van der Waals surface area contributed by atoms with Crippen molar-refractivity contribution >= 4 is 17.5 Å². The van der Waals surface area contributed by atoms with Crippen molar-refractivity contribution in [2.45, 2.75) is 6.92 Å². The Kier molecular flexibility index (Phi) is 3.33. The van der Waals surface area contributed by atoms with Gasteiger partial charge in [0.15, 0.2) is 0 Å². The molecule has 0 aliphatic heterocycles. The highest BCUT2D eigenvalue weighted by Gasteiger charge is 2.08. The normalized spacial score (nSPS) is 10.2. The molecule has 1 aromatic carbocycles. The Balaban J connectivity index is 2.35. The summed E-state index contributed by atoms with van der Waals surface area (Å²) in [6.45, 7) is 1.70. The van der Waals surface area contributed by atoms with Crippen LogP contribution in [-0.2, 0) is 0 Å². The minimum absolute atomic E-state index is 0.215. The number of carboxylic acids is 1. The summed E-state index contributed by atoms with van der Waals surface area (Å²) in [5, 5.41) is 8.83. The molecule has 0 aliphatic rings. The number of nitrogens with one attached hydrogen (secondary N) is 1. The zero-order valence-electron chi connectivity index (χ0n) is 10.5. The molecule has 2 aromatic rings. The van der Waals surface area contributed by atoms with Gasteiger partial charge in [-0.15, -0.1) is 0 Å². The minimum Gasteiger partial charge on any atom is -0.478 e. The molecule has 0 bridgehead atoms. The fourth-order valence-corrected chi connectivity index (χ4v) is 1.70. The third kappa shape index (κ3) is 2.79. The molecule has 6 nitrogen and oxygen atoms in total. The number of hydrogen-bond acceptors (Lipinski definition) is 4. The lowest BCUT2D eigenvalue weighted by Crippen LogP contribution is -2.17. The van der Waals surface area contributed by atoms with Crippen molar-refractivity contribution < 1.29 is 9.90 Å². The molecule has 0 aliphatic carbocycles. The number of carbonyl (C=O) groups is 1. The first-order valence-electron chi connectivity index (χ1n) is 5.62. The Bertz CT molecular complexity index is 662. The summed E-state index contributed by atoms with van der Waals surface area (Å²) in [6.07, 6.45) is 0. The molecule has 0 saturated heterocycles. The average molecular weight is 259 g/mol. The van der Waals surface area contributed by atoms with E-state index in [1.54, 1.807) is 31.0 Å². The lowest BCUT2D eigenvalue weighted by molar-refractivity contribution is 0.0697. The zero-order valence-corrected chi connectivity index (χ0v) is 10.5. The van der Waals surface area contributed by atoms with Crippen LogP contribution in [-0.4, -0.2) is 28.1 Å². The molecule has 0 fully saturated rings. The molecular formula is C13H13N3O3. The molecule has 0 radical (unpaired) electrons. The fraction of sp³-hybridized carbons (Fsp3) is 0.154. The Morgan fingerprint density at radius 3 is 2.47 bits per heavy atom. The first kappa shape index (κ1) is 12.8. The van der Waals surface area contributed by atoms with Crippen LogP contribution in [0.5, 0.6) is 0 Å². The number of aromatic nitrogens is 2. The summed E-state index contributed by atoms with van der Waals surface area (Å²) in [7, 11) is 1.76. The molecule has 0 atom stereocenters. The maximum Gasteiger partial charge on any atom is 0.335 e. The van der Waals surface area contributed by atoms with E-state index in [0.717, 1.165) is 5.69 Å². The quantitative estimate of drug-likeness (QED) is 0.873. The van der Waals surface area contributed by atoms with Gasteiger partial charge in [0.25, 0.3) is 5.56 Å². The molecular weight excluding hydrogens is 246 g/mol. The molecule has 0 spiro atoms. The van der Waals surface area contributed by atoms with Crippen LogP contribution < -0.4 is 10.5 Å². The number of carboxylic acid groups (broad SMARTS) is 1. The predicted molar refractivity (Wildman–Crippen MR) is 71.1 cm³/mol. The zero-order chi connectivity index (χ0) is 14.0. The van der Waals surface area contributed by atoms with Crippen LogP contribution in [0.4, 0.5) is 11.5 Å². The topological polar surface area (TPSA) is 86.3 Å². The van der Waals surface area contributed by atoms with E-state index in [4.69, 9.17) is 5.11 Å². The van der Waals surface area contributed by atoms with Gasteiger partial charge in [-0.25, -0.2) is 9.78 Å². The number of benzene rings is 1. The van der Waals surface area contributed by atoms with Crippen LogP contribution in [0.2, 0.25) is 0 Å². The summed E-state index contributed by atoms with van der Waals surface area (Å²) < 4.78 is 0. The second-order valence-electron chi connectivity index (χ2n) is 4.10. The van der Waals surface area contributed by atoms with Crippen LogP contribution in [0, 0.1) is 6.92 Å². The number of H-pyrrole nitrogens is 1. The van der Waals surface area contributed by atoms with E-state index < -0.39 is 5.97 Å². The Labute approximate surface area is 109 Å². The summed E-state index contributed by atoms with van der Waals surface area (Å²) in [4.78, 5) is 30.7. The molecule has 19 heavy (non-hydrogen) atoms. The fourth-order valence-electron chi connectivity index (χ4n) is 1.70. The summed E-state index contributed by atoms with van der Waals surface area (Å²) in [5.41, 5.74) is 0.742. The van der Waals surface area contributed by atoms with Crippen molar-refractivity contribution in [3.05, 3.63) is 52.1 Å². The van der Waals surface area contributed by atoms with Gasteiger partial charge < -0.3 is 15.0 Å². The predicted octanol–water partition coefficient (Wildman–Crippen LogP) is 1.54. The van der Waals surface area contributed by atoms with E-state index in [1.165, 1.54) is 18.2 Å². The van der Waals surface area contributed by atoms with Gasteiger partial charge in [0.2, 0.25) is 0 Å². The lowest BCUT2D eigenvalue weighted by Gasteiger charge is -2.18. The number of nitrogens with zero attached hydrogens (tertiary/aromatic N) is 2. The van der Waals surface area contributed by atoms with Crippen LogP contribution in [0.1, 0.15) is 16.2 Å². The van der Waals surface area contributed by atoms with Gasteiger partial charge in [0.1, 0.15) is 11.6 Å². The molecule has 0 saturated carbocycles. The van der Waals surface area contributed by atoms with Gasteiger partial charge in [-0.1, -0.05) is 0 Å². The Morgan fingerprint density at radius 1 is 1.32 bits per heavy atom. The standard InChI is InChI=1S/C13H13N3O3/c1-8-14-11(7-12(17)15-8)16(2)10-5-3-9(4-6-10)13(18)19/h3-7H,1-2H3,(H,18,19)(H,14,15,17). The van der Waals surface area contributed by atoms with Gasteiger partial charge in [0, 0.05) is 18.8 Å². The lowest BCUT2D eigenvalue weighted by atomic mass is 10.2. The number of aromatic carboxylic acids is 1. The first-order valence-corrected chi connectivity index (χ1v) is 5.62. The van der Waals surface area contributed by atoms with E-state index in [2.05, 4.69) is 9.97 Å². The van der Waals surface area contributed by atoms with Crippen LogP contribution in [0.15, 0.2) is 35.1 Å². The number of aromatic amines is 1. The van der Waals surface area contributed by atoms with Crippen molar-refractivity contribution in [3.8, 4) is 0 Å². The van der Waals surface area contributed by atoms with Crippen LogP contribution in [0.25, 0.3) is 0 Å². The maximum absolute atomic E-state index is 11.4. The molecule has 0 unspecified atom stereocenters. The van der Waals surface area contributed by atoms with Crippen molar-refractivity contribution in [2.75, 3.05) is 11.9 Å². The summed E-state index contributed by atoms with van der Waals surface area (Å²) in [6, 6.07) is 7.74. The number of anilines is 2. The van der Waals surface area contributed by atoms with Gasteiger partial charge in [-0.2, -0.15) is 0 Å². The Morgan fingerprint density at radius 2 is 1.95 bits per heavy atom. The van der Waals surface area contributed by atoms with Crippen molar-refractivity contribution in [1.82, 2.24) is 9.97 Å². The van der Waals surface area contributed by atoms with E-state index in [1.807, 2.05) is 0 Å². The SMILES string of the molecule is Cc1nc(N(C)c2ccc(C(=O)O)cc2)cc(=O)[nH]1. The van der Waals surface area contributed by atoms with E-state index in [-0.39, 0.29) is 11.1 Å². The third-order valence-corrected chi connectivity index (χ3v) is 2.69. The van der Waals surface area contributed by atoms with Gasteiger partial charge in [-0.05, 0) is 31.2 Å². The van der Waals surface area contributed by atoms with Gasteiger partial charge in [-0.3, -0.25) is 4.79 Å². The van der Waals surface area contributed by atoms with Crippen molar-refractivity contribution in [1.29, 1.82) is 0 Å². The summed E-state index contributed by atoms with van der Waals surface area (Å²) >= 11 is 0. The highest BCUT2D eigenvalue weighted by Crippen LogP contribution is 2.20. The molecule has 2 N–H and O–H groups in total. The van der Waals surface area contributed by atoms with E-state index >= 15 is 0 Å². The van der Waals surface area contributed by atoms with Gasteiger partial charge in [0.05, 0.1) is 5.56 Å². The van der Waals surface area contributed by atoms with Crippen molar-refractivity contribution in [2.24, 2.45) is 0 Å². The number of aryl methyl sites for hydroxylation is 1. The maximum atomic E-state index is 11.4. The molecule has 98 valence electrons. The second kappa shape index (κ2) is 4.93. The smallest absolute Gasteiger partial charge is 0.335 e. The van der Waals surface area contributed by atoms with E-state index in [9.17, 15) is 9.59 Å². The minimum atomic E-state index is -0.973. The number of rotatable bonds is 3. The molecule has 1 heterocycles. The average Bonchev–Trinajstić information content (AvgIpc) is 2.37. The monoisotopic (exact) mass is 259 g/mol. The second-order valence-corrected chi connectivity index (χ2v) is 4.10.